The van der Waals surface area contributed by atoms with Crippen molar-refractivity contribution in [1.82, 2.24) is 0 Å². The maximum atomic E-state index is 13.1. The van der Waals surface area contributed by atoms with Crippen LogP contribution in [0.2, 0.25) is 0 Å². The fourth-order valence-corrected chi connectivity index (χ4v) is 10.4. The number of rotatable bonds is 11. The van der Waals surface area contributed by atoms with E-state index in [4.69, 9.17) is 0 Å². The van der Waals surface area contributed by atoms with Crippen molar-refractivity contribution in [3.05, 3.63) is 11.6 Å². The molecule has 0 aromatic heterocycles. The van der Waals surface area contributed by atoms with Gasteiger partial charge in [0.25, 0.3) is 0 Å². The van der Waals surface area contributed by atoms with E-state index in [2.05, 4.69) is 63.3 Å². The smallest absolute Gasteiger partial charge is 0.0961 e. The number of alkyl halides is 1. The van der Waals surface area contributed by atoms with E-state index in [0.717, 1.165) is 54.8 Å². The van der Waals surface area contributed by atoms with Gasteiger partial charge in [-0.05, 0) is 121 Å². The third-order valence-corrected chi connectivity index (χ3v) is 12.8. The first-order chi connectivity index (χ1) is 16.7. The van der Waals surface area contributed by atoms with Crippen LogP contribution in [0, 0.1) is 52.3 Å². The topological polar surface area (TPSA) is 19.9 Å². The summed E-state index contributed by atoms with van der Waals surface area (Å²) in [5, 5.41) is 13.1. The van der Waals surface area contributed by atoms with Gasteiger partial charge >= 0.3 is 0 Å². The SMILES string of the molecule is CC(C)CCC[C@@H](C)[C@H]1CCC2C3CC=C4C[C@@H](C([O])CCCCCI)CC[C@]4(C)C3CC[C@@]21C. The summed E-state index contributed by atoms with van der Waals surface area (Å²) in [7, 11) is 0. The Bertz CT molecular complexity index is 714. The predicted octanol–water partition coefficient (Wildman–Crippen LogP) is 10.4. The van der Waals surface area contributed by atoms with Crippen molar-refractivity contribution in [2.45, 2.75) is 137 Å². The van der Waals surface area contributed by atoms with Gasteiger partial charge < -0.3 is 0 Å². The van der Waals surface area contributed by atoms with E-state index < -0.39 is 0 Å². The van der Waals surface area contributed by atoms with E-state index in [1.807, 2.05) is 0 Å². The molecule has 4 aliphatic rings. The summed E-state index contributed by atoms with van der Waals surface area (Å²) in [5.41, 5.74) is 2.68. The molecule has 0 amide bonds. The van der Waals surface area contributed by atoms with Crippen molar-refractivity contribution in [2.24, 2.45) is 52.3 Å². The number of hydrogen-bond acceptors (Lipinski definition) is 0. The molecule has 4 rings (SSSR count). The van der Waals surface area contributed by atoms with Crippen molar-refractivity contribution < 1.29 is 5.11 Å². The van der Waals surface area contributed by atoms with Crippen LogP contribution in [0.15, 0.2) is 11.6 Å². The average molecular weight is 596 g/mol. The Labute approximate surface area is 232 Å². The summed E-state index contributed by atoms with van der Waals surface area (Å²) in [6.07, 6.45) is 22.0. The van der Waals surface area contributed by atoms with Crippen LogP contribution < -0.4 is 0 Å². The van der Waals surface area contributed by atoms with E-state index in [0.29, 0.717) is 16.7 Å². The Morgan fingerprint density at radius 2 is 1.71 bits per heavy atom. The normalized spacial score (nSPS) is 40.6. The number of halogens is 1. The monoisotopic (exact) mass is 595 g/mol. The molecule has 4 unspecified atom stereocenters. The summed E-state index contributed by atoms with van der Waals surface area (Å²) < 4.78 is 1.23. The highest BCUT2D eigenvalue weighted by Crippen LogP contribution is 2.67. The fourth-order valence-electron chi connectivity index (χ4n) is 9.88. The predicted molar refractivity (Wildman–Crippen MR) is 158 cm³/mol. The van der Waals surface area contributed by atoms with Crippen LogP contribution in [0.1, 0.15) is 131 Å². The molecule has 0 aromatic carbocycles. The molecule has 0 aromatic rings. The van der Waals surface area contributed by atoms with Crippen molar-refractivity contribution in [3.63, 3.8) is 0 Å². The number of allylic oxidation sites excluding steroid dienone is 2. The quantitative estimate of drug-likeness (QED) is 0.0980. The summed E-state index contributed by atoms with van der Waals surface area (Å²) in [6, 6.07) is 0. The Morgan fingerprint density at radius 1 is 0.914 bits per heavy atom. The zero-order valence-electron chi connectivity index (χ0n) is 23.8. The molecule has 35 heavy (non-hydrogen) atoms. The van der Waals surface area contributed by atoms with Gasteiger partial charge in [-0.2, -0.15) is 0 Å². The lowest BCUT2D eigenvalue weighted by atomic mass is 9.46. The molecule has 4 aliphatic carbocycles. The largest absolute Gasteiger partial charge is 0.233 e. The molecule has 2 heteroatoms. The molecule has 0 N–H and O–H groups in total. The van der Waals surface area contributed by atoms with E-state index in [1.165, 1.54) is 81.5 Å². The molecule has 9 atom stereocenters. The molecule has 201 valence electrons. The molecule has 3 saturated carbocycles. The number of fused-ring (bicyclic) bond motifs is 5. The maximum Gasteiger partial charge on any atom is 0.0961 e. The van der Waals surface area contributed by atoms with E-state index in [1.54, 1.807) is 5.57 Å². The summed E-state index contributed by atoms with van der Waals surface area (Å²) in [5.74, 6) is 5.82. The minimum absolute atomic E-state index is 0.324. The van der Waals surface area contributed by atoms with Crippen LogP contribution in [0.4, 0.5) is 0 Å². The van der Waals surface area contributed by atoms with Crippen LogP contribution in [0.3, 0.4) is 0 Å². The highest BCUT2D eigenvalue weighted by molar-refractivity contribution is 14.1. The first-order valence-corrected chi connectivity index (χ1v) is 17.1. The first-order valence-electron chi connectivity index (χ1n) is 15.6. The molecule has 1 nitrogen and oxygen atoms in total. The highest BCUT2D eigenvalue weighted by Gasteiger charge is 2.59. The molecular weight excluding hydrogens is 539 g/mol. The Balaban J connectivity index is 1.39. The van der Waals surface area contributed by atoms with Crippen LogP contribution in [0.25, 0.3) is 0 Å². The van der Waals surface area contributed by atoms with Crippen LogP contribution in [-0.4, -0.2) is 10.5 Å². The van der Waals surface area contributed by atoms with Crippen molar-refractivity contribution in [1.29, 1.82) is 0 Å². The van der Waals surface area contributed by atoms with Crippen LogP contribution in [0.5, 0.6) is 0 Å². The summed E-state index contributed by atoms with van der Waals surface area (Å²) >= 11 is 2.46. The summed E-state index contributed by atoms with van der Waals surface area (Å²) in [4.78, 5) is 0. The number of unbranched alkanes of at least 4 members (excludes halogenated alkanes) is 2. The molecule has 0 heterocycles. The van der Waals surface area contributed by atoms with E-state index >= 15 is 0 Å². The Kier molecular flexibility index (Phi) is 9.82. The van der Waals surface area contributed by atoms with Gasteiger partial charge in [-0.15, -0.1) is 0 Å². The Morgan fingerprint density at radius 3 is 2.46 bits per heavy atom. The van der Waals surface area contributed by atoms with Crippen molar-refractivity contribution >= 4 is 22.6 Å². The first kappa shape index (κ1) is 28.4. The third kappa shape index (κ3) is 5.89. The second-order valence-electron chi connectivity index (χ2n) is 14.4. The van der Waals surface area contributed by atoms with Gasteiger partial charge in [-0.3, -0.25) is 0 Å². The lowest BCUT2D eigenvalue weighted by Crippen LogP contribution is -2.50. The van der Waals surface area contributed by atoms with Crippen LogP contribution in [-0.2, 0) is 5.11 Å². The van der Waals surface area contributed by atoms with Crippen molar-refractivity contribution in [3.8, 4) is 0 Å². The summed E-state index contributed by atoms with van der Waals surface area (Å²) in [6.45, 7) is 12.7. The lowest BCUT2D eigenvalue weighted by molar-refractivity contribution is -0.0616. The van der Waals surface area contributed by atoms with Gasteiger partial charge in [0.15, 0.2) is 0 Å². The molecular formula is C33H56IO. The van der Waals surface area contributed by atoms with Gasteiger partial charge in [0.05, 0.1) is 6.10 Å². The second-order valence-corrected chi connectivity index (χ2v) is 15.4. The van der Waals surface area contributed by atoms with Gasteiger partial charge in [-0.25, -0.2) is 5.11 Å². The molecule has 0 aliphatic heterocycles. The highest BCUT2D eigenvalue weighted by atomic mass is 127. The minimum atomic E-state index is -0.324. The molecule has 0 spiro atoms. The van der Waals surface area contributed by atoms with E-state index in [9.17, 15) is 5.11 Å². The average Bonchev–Trinajstić information content (AvgIpc) is 3.18. The van der Waals surface area contributed by atoms with Crippen LogP contribution >= 0.6 is 22.6 Å². The number of hydrogen-bond donors (Lipinski definition) is 0. The molecule has 3 fully saturated rings. The zero-order chi connectivity index (χ0) is 25.2. The standard InChI is InChI=1S/C33H56IO/c1-23(2)10-9-11-24(3)28-15-16-29-27-14-13-26-22-25(31(35)12-7-6-8-21-34)17-19-32(26,4)30(27)18-20-33(28,29)5/h13,23-25,27-31H,6-12,14-22H2,1-5H3/t24-,25+,27?,28-,29?,30?,31?,32+,33-/m1/s1. The lowest BCUT2D eigenvalue weighted by Gasteiger charge is -2.58. The van der Waals surface area contributed by atoms with Gasteiger partial charge in [0, 0.05) is 0 Å². The van der Waals surface area contributed by atoms with Gasteiger partial charge in [-0.1, -0.05) is 101 Å². The van der Waals surface area contributed by atoms with Gasteiger partial charge in [0.1, 0.15) is 0 Å². The minimum Gasteiger partial charge on any atom is -0.233 e. The molecule has 0 saturated heterocycles. The third-order valence-electron chi connectivity index (χ3n) is 12.0. The zero-order valence-corrected chi connectivity index (χ0v) is 26.0. The van der Waals surface area contributed by atoms with E-state index in [-0.39, 0.29) is 6.10 Å². The van der Waals surface area contributed by atoms with Gasteiger partial charge in [0.2, 0.25) is 0 Å². The maximum absolute atomic E-state index is 13.1. The van der Waals surface area contributed by atoms with Crippen molar-refractivity contribution in [2.75, 3.05) is 4.43 Å². The molecule has 0 bridgehead atoms. The second kappa shape index (κ2) is 12.1. The fraction of sp³-hybridized carbons (Fsp3) is 0.939. The Hall–Kier alpha value is 0.430. The molecule has 1 radical (unpaired) electrons.